The van der Waals surface area contributed by atoms with E-state index in [0.29, 0.717) is 12.5 Å². The fourth-order valence-corrected chi connectivity index (χ4v) is 3.08. The quantitative estimate of drug-likeness (QED) is 0.584. The standard InChI is InChI=1S/C12H27N3O2S/c1-4-8-13-9-5-10-15(3)18(16,17)14-11(2)12-6-7-12/h11-14H,4-10H2,1-3H3. The third-order valence-corrected chi connectivity index (χ3v) is 5.00. The Balaban J connectivity index is 2.23. The Morgan fingerprint density at radius 1 is 1.33 bits per heavy atom. The molecule has 0 heterocycles. The minimum Gasteiger partial charge on any atom is -0.317 e. The fraction of sp³-hybridized carbons (Fsp3) is 1.00. The van der Waals surface area contributed by atoms with E-state index in [1.165, 1.54) is 4.31 Å². The summed E-state index contributed by atoms with van der Waals surface area (Å²) in [6.07, 6.45) is 4.24. The van der Waals surface area contributed by atoms with Gasteiger partial charge < -0.3 is 5.32 Å². The largest absolute Gasteiger partial charge is 0.317 e. The second-order valence-corrected chi connectivity index (χ2v) is 6.98. The molecule has 108 valence electrons. The summed E-state index contributed by atoms with van der Waals surface area (Å²) in [5.41, 5.74) is 0. The molecule has 1 aliphatic carbocycles. The van der Waals surface area contributed by atoms with Crippen molar-refractivity contribution in [3.63, 3.8) is 0 Å². The molecule has 2 N–H and O–H groups in total. The first-order chi connectivity index (χ1) is 8.47. The van der Waals surface area contributed by atoms with Crippen LogP contribution in [0.5, 0.6) is 0 Å². The first kappa shape index (κ1) is 15.9. The van der Waals surface area contributed by atoms with Crippen LogP contribution in [0.2, 0.25) is 0 Å². The number of nitrogens with zero attached hydrogens (tertiary/aromatic N) is 1. The molecule has 0 bridgehead atoms. The van der Waals surface area contributed by atoms with Crippen molar-refractivity contribution < 1.29 is 8.42 Å². The minimum absolute atomic E-state index is 0.0654. The van der Waals surface area contributed by atoms with Crippen molar-refractivity contribution in [2.75, 3.05) is 26.7 Å². The van der Waals surface area contributed by atoms with E-state index < -0.39 is 10.2 Å². The van der Waals surface area contributed by atoms with Gasteiger partial charge in [0, 0.05) is 19.6 Å². The van der Waals surface area contributed by atoms with E-state index in [-0.39, 0.29) is 6.04 Å². The van der Waals surface area contributed by atoms with Crippen LogP contribution in [0.4, 0.5) is 0 Å². The Morgan fingerprint density at radius 3 is 2.56 bits per heavy atom. The monoisotopic (exact) mass is 277 g/mol. The van der Waals surface area contributed by atoms with E-state index in [1.54, 1.807) is 7.05 Å². The highest BCUT2D eigenvalue weighted by atomic mass is 32.2. The highest BCUT2D eigenvalue weighted by Gasteiger charge is 2.31. The van der Waals surface area contributed by atoms with Gasteiger partial charge in [0.05, 0.1) is 0 Å². The predicted octanol–water partition coefficient (Wildman–Crippen LogP) is 0.941. The van der Waals surface area contributed by atoms with E-state index in [9.17, 15) is 8.42 Å². The summed E-state index contributed by atoms with van der Waals surface area (Å²) < 4.78 is 28.1. The van der Waals surface area contributed by atoms with Crippen LogP contribution in [-0.2, 0) is 10.2 Å². The summed E-state index contributed by atoms with van der Waals surface area (Å²) in [4.78, 5) is 0. The molecule has 0 aromatic carbocycles. The Morgan fingerprint density at radius 2 is 2.00 bits per heavy atom. The Hall–Kier alpha value is -0.170. The van der Waals surface area contributed by atoms with Crippen LogP contribution in [0, 0.1) is 5.92 Å². The van der Waals surface area contributed by atoms with E-state index in [1.807, 2.05) is 6.92 Å². The zero-order valence-corrected chi connectivity index (χ0v) is 12.6. The molecule has 1 unspecified atom stereocenters. The number of nitrogens with one attached hydrogen (secondary N) is 2. The predicted molar refractivity (Wildman–Crippen MR) is 74.6 cm³/mol. The lowest BCUT2D eigenvalue weighted by Crippen LogP contribution is -2.44. The van der Waals surface area contributed by atoms with E-state index in [4.69, 9.17) is 0 Å². The molecular formula is C12H27N3O2S. The molecule has 0 saturated heterocycles. The zero-order valence-electron chi connectivity index (χ0n) is 11.8. The molecule has 1 saturated carbocycles. The van der Waals surface area contributed by atoms with Crippen LogP contribution in [0.3, 0.4) is 0 Å². The third kappa shape index (κ3) is 5.65. The summed E-state index contributed by atoms with van der Waals surface area (Å²) in [5, 5.41) is 3.27. The minimum atomic E-state index is -3.30. The molecular weight excluding hydrogens is 250 g/mol. The van der Waals surface area contributed by atoms with Crippen LogP contribution in [0.25, 0.3) is 0 Å². The smallest absolute Gasteiger partial charge is 0.279 e. The summed E-state index contributed by atoms with van der Waals surface area (Å²) in [6.45, 7) is 6.49. The summed E-state index contributed by atoms with van der Waals surface area (Å²) in [7, 11) is -1.66. The van der Waals surface area contributed by atoms with Gasteiger partial charge in [-0.15, -0.1) is 0 Å². The maximum Gasteiger partial charge on any atom is 0.279 e. The topological polar surface area (TPSA) is 61.4 Å². The average Bonchev–Trinajstić information content (AvgIpc) is 3.11. The van der Waals surface area contributed by atoms with E-state index >= 15 is 0 Å². The molecule has 1 aliphatic rings. The summed E-state index contributed by atoms with van der Waals surface area (Å²) in [5.74, 6) is 0.541. The van der Waals surface area contributed by atoms with Gasteiger partial charge in [-0.2, -0.15) is 17.4 Å². The summed E-state index contributed by atoms with van der Waals surface area (Å²) >= 11 is 0. The SMILES string of the molecule is CCCNCCCN(C)S(=O)(=O)NC(C)C1CC1. The van der Waals surface area contributed by atoms with Crippen LogP contribution >= 0.6 is 0 Å². The highest BCUT2D eigenvalue weighted by molar-refractivity contribution is 7.87. The first-order valence-electron chi connectivity index (χ1n) is 6.91. The Bertz CT molecular complexity index is 328. The average molecular weight is 277 g/mol. The molecule has 0 radical (unpaired) electrons. The van der Waals surface area contributed by atoms with Gasteiger partial charge in [-0.3, -0.25) is 0 Å². The van der Waals surface area contributed by atoms with Crippen molar-refractivity contribution in [3.8, 4) is 0 Å². The number of rotatable bonds is 10. The van der Waals surface area contributed by atoms with Gasteiger partial charge in [-0.1, -0.05) is 6.92 Å². The molecule has 1 fully saturated rings. The molecule has 1 atom stereocenters. The van der Waals surface area contributed by atoms with Crippen molar-refractivity contribution >= 4 is 10.2 Å². The Labute approximate surface area is 112 Å². The molecule has 0 aromatic heterocycles. The van der Waals surface area contributed by atoms with Gasteiger partial charge in [0.1, 0.15) is 0 Å². The molecule has 0 aliphatic heterocycles. The lowest BCUT2D eigenvalue weighted by molar-refractivity contribution is 0.432. The second kappa shape index (κ2) is 7.43. The van der Waals surface area contributed by atoms with Crippen molar-refractivity contribution in [2.45, 2.75) is 45.6 Å². The molecule has 18 heavy (non-hydrogen) atoms. The van der Waals surface area contributed by atoms with Crippen LogP contribution in [0.1, 0.15) is 39.5 Å². The van der Waals surface area contributed by atoms with Gasteiger partial charge in [0.15, 0.2) is 0 Å². The lowest BCUT2D eigenvalue weighted by Gasteiger charge is -2.21. The normalized spacial score (nSPS) is 18.2. The van der Waals surface area contributed by atoms with Crippen LogP contribution in [-0.4, -0.2) is 45.4 Å². The Kier molecular flexibility index (Phi) is 6.55. The zero-order chi connectivity index (χ0) is 13.6. The molecule has 0 amide bonds. The van der Waals surface area contributed by atoms with Gasteiger partial charge in [0.2, 0.25) is 0 Å². The number of hydrogen-bond acceptors (Lipinski definition) is 3. The van der Waals surface area contributed by atoms with Crippen molar-refractivity contribution in [1.29, 1.82) is 0 Å². The van der Waals surface area contributed by atoms with Gasteiger partial charge in [-0.25, -0.2) is 0 Å². The first-order valence-corrected chi connectivity index (χ1v) is 8.35. The van der Waals surface area contributed by atoms with Crippen molar-refractivity contribution in [3.05, 3.63) is 0 Å². The van der Waals surface area contributed by atoms with Crippen LogP contribution in [0.15, 0.2) is 0 Å². The van der Waals surface area contributed by atoms with Crippen molar-refractivity contribution in [1.82, 2.24) is 14.3 Å². The highest BCUT2D eigenvalue weighted by Crippen LogP contribution is 2.32. The lowest BCUT2D eigenvalue weighted by atomic mass is 10.2. The third-order valence-electron chi connectivity index (χ3n) is 3.33. The number of hydrogen-bond donors (Lipinski definition) is 2. The second-order valence-electron chi connectivity index (χ2n) is 5.17. The molecule has 0 aromatic rings. The van der Waals surface area contributed by atoms with Crippen LogP contribution < -0.4 is 10.0 Å². The van der Waals surface area contributed by atoms with Gasteiger partial charge in [0.25, 0.3) is 10.2 Å². The maximum atomic E-state index is 12.0. The maximum absolute atomic E-state index is 12.0. The van der Waals surface area contributed by atoms with Gasteiger partial charge >= 0.3 is 0 Å². The molecule has 6 heteroatoms. The van der Waals surface area contributed by atoms with Crippen molar-refractivity contribution in [2.24, 2.45) is 5.92 Å². The fourth-order valence-electron chi connectivity index (χ4n) is 1.87. The molecule has 0 spiro atoms. The molecule has 1 rings (SSSR count). The van der Waals surface area contributed by atoms with E-state index in [2.05, 4.69) is 17.0 Å². The summed E-state index contributed by atoms with van der Waals surface area (Å²) in [6, 6.07) is 0.0654. The van der Waals surface area contributed by atoms with E-state index in [0.717, 1.165) is 38.8 Å². The molecule has 5 nitrogen and oxygen atoms in total. The van der Waals surface area contributed by atoms with Gasteiger partial charge in [-0.05, 0) is 51.6 Å².